The molecule has 0 radical (unpaired) electrons. The van der Waals surface area contributed by atoms with Crippen LogP contribution < -0.4 is 11.1 Å². The number of benzene rings is 1. The van der Waals surface area contributed by atoms with Crippen LogP contribution in [0.2, 0.25) is 0 Å². The van der Waals surface area contributed by atoms with Crippen molar-refractivity contribution in [2.24, 2.45) is 5.73 Å². The number of hydrogen-bond acceptors (Lipinski definition) is 3. The van der Waals surface area contributed by atoms with Crippen LogP contribution >= 0.6 is 11.8 Å². The van der Waals surface area contributed by atoms with E-state index in [1.807, 2.05) is 0 Å². The third-order valence-corrected chi connectivity index (χ3v) is 4.55. The van der Waals surface area contributed by atoms with Gasteiger partial charge in [0.25, 0.3) is 0 Å². The molecule has 1 fully saturated rings. The molecule has 0 bridgehead atoms. The second-order valence-electron chi connectivity index (χ2n) is 5.34. The maximum Gasteiger partial charge on any atom is 0.398 e. The van der Waals surface area contributed by atoms with Gasteiger partial charge in [-0.15, -0.1) is 11.8 Å². The Labute approximate surface area is 125 Å². The average molecular weight is 318 g/mol. The fraction of sp³-hybridized carbons (Fsp3) is 0.500. The number of hydrogen-bond donors (Lipinski definition) is 2. The van der Waals surface area contributed by atoms with Crippen LogP contribution in [-0.4, -0.2) is 23.4 Å². The zero-order chi connectivity index (χ0) is 15.5. The number of halogens is 3. The lowest BCUT2D eigenvalue weighted by Crippen LogP contribution is -2.48. The molecule has 1 amide bonds. The van der Waals surface area contributed by atoms with Crippen LogP contribution in [0.3, 0.4) is 0 Å². The van der Waals surface area contributed by atoms with E-state index < -0.39 is 17.5 Å². The first-order valence-corrected chi connectivity index (χ1v) is 7.63. The summed E-state index contributed by atoms with van der Waals surface area (Å²) in [6.45, 7) is 0. The topological polar surface area (TPSA) is 55.1 Å². The molecule has 1 saturated carbocycles. The SMILES string of the molecule is NC1(CC(=O)Nc2ccccc2SCC(F)(F)F)CCC1. The van der Waals surface area contributed by atoms with E-state index in [0.29, 0.717) is 22.3 Å². The number of rotatable bonds is 5. The van der Waals surface area contributed by atoms with Crippen LogP contribution in [0.15, 0.2) is 29.2 Å². The molecule has 3 N–H and O–H groups in total. The number of anilines is 1. The molecule has 21 heavy (non-hydrogen) atoms. The predicted molar refractivity (Wildman–Crippen MR) is 77.2 cm³/mol. The molecule has 0 atom stereocenters. The van der Waals surface area contributed by atoms with E-state index in [-0.39, 0.29) is 12.3 Å². The molecule has 1 aliphatic rings. The average Bonchev–Trinajstić information content (AvgIpc) is 2.35. The van der Waals surface area contributed by atoms with Gasteiger partial charge in [-0.1, -0.05) is 12.1 Å². The minimum Gasteiger partial charge on any atom is -0.325 e. The van der Waals surface area contributed by atoms with E-state index in [0.717, 1.165) is 19.3 Å². The maximum absolute atomic E-state index is 12.3. The summed E-state index contributed by atoms with van der Waals surface area (Å²) in [7, 11) is 0. The van der Waals surface area contributed by atoms with E-state index in [1.54, 1.807) is 24.3 Å². The highest BCUT2D eigenvalue weighted by Crippen LogP contribution is 2.34. The highest BCUT2D eigenvalue weighted by Gasteiger charge is 2.34. The summed E-state index contributed by atoms with van der Waals surface area (Å²) in [5.74, 6) is -1.24. The molecule has 0 aliphatic heterocycles. The summed E-state index contributed by atoms with van der Waals surface area (Å²) in [6.07, 6.45) is -1.40. The van der Waals surface area contributed by atoms with Crippen molar-refractivity contribution in [2.45, 2.75) is 42.3 Å². The van der Waals surface area contributed by atoms with Crippen molar-refractivity contribution in [1.29, 1.82) is 0 Å². The number of carbonyl (C=O) groups excluding carboxylic acids is 1. The second kappa shape index (κ2) is 6.27. The summed E-state index contributed by atoms with van der Waals surface area (Å²) < 4.78 is 36.9. The first-order valence-electron chi connectivity index (χ1n) is 6.65. The maximum atomic E-state index is 12.3. The van der Waals surface area contributed by atoms with E-state index >= 15 is 0 Å². The Morgan fingerprint density at radius 2 is 2.00 bits per heavy atom. The molecule has 2 rings (SSSR count). The van der Waals surface area contributed by atoms with Crippen molar-refractivity contribution in [3.8, 4) is 0 Å². The molecular weight excluding hydrogens is 301 g/mol. The Morgan fingerprint density at radius 3 is 2.57 bits per heavy atom. The number of para-hydroxylation sites is 1. The fourth-order valence-electron chi connectivity index (χ4n) is 2.18. The summed E-state index contributed by atoms with van der Waals surface area (Å²) in [4.78, 5) is 12.4. The molecule has 116 valence electrons. The molecule has 0 heterocycles. The normalized spacial score (nSPS) is 17.1. The number of alkyl halides is 3. The highest BCUT2D eigenvalue weighted by atomic mass is 32.2. The Hall–Kier alpha value is -1.21. The first-order chi connectivity index (χ1) is 9.77. The van der Waals surface area contributed by atoms with Gasteiger partial charge in [0.1, 0.15) is 0 Å². The van der Waals surface area contributed by atoms with E-state index in [4.69, 9.17) is 5.73 Å². The summed E-state index contributed by atoms with van der Waals surface area (Å²) in [6, 6.07) is 6.48. The van der Waals surface area contributed by atoms with Crippen LogP contribution in [0, 0.1) is 0 Å². The van der Waals surface area contributed by atoms with Crippen LogP contribution in [-0.2, 0) is 4.79 Å². The number of nitrogens with one attached hydrogen (secondary N) is 1. The highest BCUT2D eigenvalue weighted by molar-refractivity contribution is 7.99. The molecule has 1 aromatic carbocycles. The Kier molecular flexibility index (Phi) is 4.83. The summed E-state index contributed by atoms with van der Waals surface area (Å²) >= 11 is 0.663. The zero-order valence-corrected chi connectivity index (χ0v) is 12.2. The van der Waals surface area contributed by atoms with E-state index in [1.165, 1.54) is 0 Å². The number of amides is 1. The van der Waals surface area contributed by atoms with Gasteiger partial charge in [0, 0.05) is 16.9 Å². The van der Waals surface area contributed by atoms with Gasteiger partial charge in [0.05, 0.1) is 11.4 Å². The minimum absolute atomic E-state index is 0.200. The monoisotopic (exact) mass is 318 g/mol. The van der Waals surface area contributed by atoms with Crippen LogP contribution in [0.25, 0.3) is 0 Å². The van der Waals surface area contributed by atoms with Crippen molar-refractivity contribution < 1.29 is 18.0 Å². The van der Waals surface area contributed by atoms with Gasteiger partial charge in [-0.05, 0) is 31.4 Å². The molecule has 1 aliphatic carbocycles. The van der Waals surface area contributed by atoms with Crippen molar-refractivity contribution in [1.82, 2.24) is 0 Å². The Morgan fingerprint density at radius 1 is 1.33 bits per heavy atom. The quantitative estimate of drug-likeness (QED) is 0.816. The molecule has 0 unspecified atom stereocenters. The van der Waals surface area contributed by atoms with Crippen molar-refractivity contribution in [3.63, 3.8) is 0 Å². The minimum atomic E-state index is -4.24. The largest absolute Gasteiger partial charge is 0.398 e. The molecule has 0 aromatic heterocycles. The molecule has 7 heteroatoms. The van der Waals surface area contributed by atoms with Gasteiger partial charge in [0.2, 0.25) is 5.91 Å². The predicted octanol–water partition coefficient (Wildman–Crippen LogP) is 3.55. The standard InChI is InChI=1S/C14H17F3N2OS/c15-14(16,17)9-21-11-5-2-1-4-10(11)19-12(20)8-13(18)6-3-7-13/h1-2,4-5H,3,6-9,18H2,(H,19,20). The van der Waals surface area contributed by atoms with Crippen molar-refractivity contribution in [3.05, 3.63) is 24.3 Å². The van der Waals surface area contributed by atoms with Crippen molar-refractivity contribution >= 4 is 23.4 Å². The zero-order valence-electron chi connectivity index (χ0n) is 11.4. The Balaban J connectivity index is 1.97. The molecule has 3 nitrogen and oxygen atoms in total. The molecule has 1 aromatic rings. The molecule has 0 saturated heterocycles. The lowest BCUT2D eigenvalue weighted by Gasteiger charge is -2.37. The first kappa shape index (κ1) is 16.2. The lowest BCUT2D eigenvalue weighted by molar-refractivity contribution is -0.118. The van der Waals surface area contributed by atoms with Gasteiger partial charge in [0.15, 0.2) is 0 Å². The van der Waals surface area contributed by atoms with Gasteiger partial charge in [-0.3, -0.25) is 4.79 Å². The van der Waals surface area contributed by atoms with Crippen molar-refractivity contribution in [2.75, 3.05) is 11.1 Å². The number of carbonyl (C=O) groups is 1. The van der Waals surface area contributed by atoms with Gasteiger partial charge < -0.3 is 11.1 Å². The van der Waals surface area contributed by atoms with Gasteiger partial charge in [-0.2, -0.15) is 13.2 Å². The van der Waals surface area contributed by atoms with Crippen LogP contribution in [0.5, 0.6) is 0 Å². The Bertz CT molecular complexity index is 515. The van der Waals surface area contributed by atoms with E-state index in [9.17, 15) is 18.0 Å². The molecular formula is C14H17F3N2OS. The third kappa shape index (κ3) is 4.93. The smallest absolute Gasteiger partial charge is 0.325 e. The van der Waals surface area contributed by atoms with Crippen LogP contribution in [0.1, 0.15) is 25.7 Å². The van der Waals surface area contributed by atoms with Crippen LogP contribution in [0.4, 0.5) is 18.9 Å². The number of thioether (sulfide) groups is 1. The lowest BCUT2D eigenvalue weighted by atomic mass is 9.75. The van der Waals surface area contributed by atoms with Gasteiger partial charge >= 0.3 is 6.18 Å². The summed E-state index contributed by atoms with van der Waals surface area (Å²) in [5.41, 5.74) is 5.95. The van der Waals surface area contributed by atoms with Gasteiger partial charge in [-0.25, -0.2) is 0 Å². The molecule has 0 spiro atoms. The number of nitrogens with two attached hydrogens (primary N) is 1. The fourth-order valence-corrected chi connectivity index (χ4v) is 2.95. The second-order valence-corrected chi connectivity index (χ2v) is 6.36. The third-order valence-electron chi connectivity index (χ3n) is 3.41. The van der Waals surface area contributed by atoms with E-state index in [2.05, 4.69) is 5.32 Å². The summed E-state index contributed by atoms with van der Waals surface area (Å²) in [5, 5.41) is 2.66.